The number of aryl methyl sites for hydroxylation is 2. The Bertz CT molecular complexity index is 1110. The van der Waals surface area contributed by atoms with E-state index in [1.807, 2.05) is 43.3 Å². The number of carbonyl (C=O) groups is 1. The number of benzene rings is 2. The first-order chi connectivity index (χ1) is 13.2. The van der Waals surface area contributed by atoms with Crippen molar-refractivity contribution in [2.45, 2.75) is 25.5 Å². The van der Waals surface area contributed by atoms with Gasteiger partial charge in [-0.1, -0.05) is 54.6 Å². The Morgan fingerprint density at radius 3 is 2.85 bits per heavy atom. The first-order valence-electron chi connectivity index (χ1n) is 8.81. The first-order valence-corrected chi connectivity index (χ1v) is 9.79. The molecule has 0 aliphatic carbocycles. The summed E-state index contributed by atoms with van der Waals surface area (Å²) >= 11 is 1.26. The summed E-state index contributed by atoms with van der Waals surface area (Å²) in [5, 5.41) is 9.50. The van der Waals surface area contributed by atoms with Crippen LogP contribution in [0, 0.1) is 6.92 Å². The highest BCUT2D eigenvalue weighted by molar-refractivity contribution is 7.99. The van der Waals surface area contributed by atoms with Crippen molar-refractivity contribution >= 4 is 28.4 Å². The number of rotatable bonds is 6. The van der Waals surface area contributed by atoms with E-state index in [4.69, 9.17) is 4.42 Å². The lowest BCUT2D eigenvalue weighted by Crippen LogP contribution is -2.01. The summed E-state index contributed by atoms with van der Waals surface area (Å²) < 4.78 is 5.70. The van der Waals surface area contributed by atoms with Crippen molar-refractivity contribution in [1.29, 1.82) is 0 Å². The molecular formula is C21H19N3O2S. The van der Waals surface area contributed by atoms with E-state index in [2.05, 4.69) is 28.2 Å². The van der Waals surface area contributed by atoms with Crippen LogP contribution in [-0.2, 0) is 6.42 Å². The Morgan fingerprint density at radius 2 is 2.04 bits per heavy atom. The molecule has 0 bridgehead atoms. The Balaban J connectivity index is 1.49. The number of nitrogens with one attached hydrogen (secondary N) is 1. The molecule has 6 heteroatoms. The zero-order valence-corrected chi connectivity index (χ0v) is 16.0. The summed E-state index contributed by atoms with van der Waals surface area (Å²) in [6.45, 7) is 4.12. The quantitative estimate of drug-likeness (QED) is 0.375. The zero-order chi connectivity index (χ0) is 18.8. The second-order valence-electron chi connectivity index (χ2n) is 6.35. The number of thioether (sulfide) groups is 1. The largest absolute Gasteiger partial charge is 0.411 e. The third kappa shape index (κ3) is 3.53. The molecule has 2 aromatic heterocycles. The molecule has 0 aliphatic heterocycles. The van der Waals surface area contributed by atoms with E-state index in [0.29, 0.717) is 16.7 Å². The van der Waals surface area contributed by atoms with Gasteiger partial charge in [0.2, 0.25) is 5.89 Å². The van der Waals surface area contributed by atoms with Crippen molar-refractivity contribution in [3.63, 3.8) is 0 Å². The fourth-order valence-electron chi connectivity index (χ4n) is 3.11. The molecule has 27 heavy (non-hydrogen) atoms. The van der Waals surface area contributed by atoms with E-state index >= 15 is 0 Å². The summed E-state index contributed by atoms with van der Waals surface area (Å²) in [4.78, 5) is 15.9. The molecule has 5 nitrogen and oxygen atoms in total. The number of para-hydroxylation sites is 1. The van der Waals surface area contributed by atoms with Crippen molar-refractivity contribution in [1.82, 2.24) is 15.2 Å². The van der Waals surface area contributed by atoms with Crippen LogP contribution in [0.3, 0.4) is 0 Å². The maximum Gasteiger partial charge on any atom is 0.277 e. The topological polar surface area (TPSA) is 71.8 Å². The molecule has 0 spiro atoms. The van der Waals surface area contributed by atoms with Crippen molar-refractivity contribution in [2.24, 2.45) is 0 Å². The molecule has 0 aliphatic rings. The number of nitrogens with zero attached hydrogens (tertiary/aromatic N) is 2. The Kier molecular flexibility index (Phi) is 4.81. The van der Waals surface area contributed by atoms with Crippen molar-refractivity contribution in [3.8, 4) is 11.5 Å². The van der Waals surface area contributed by atoms with Crippen molar-refractivity contribution in [2.75, 3.05) is 5.75 Å². The predicted octanol–water partition coefficient (Wildman–Crippen LogP) is 5.06. The van der Waals surface area contributed by atoms with Gasteiger partial charge >= 0.3 is 0 Å². The third-order valence-electron chi connectivity index (χ3n) is 4.48. The maximum absolute atomic E-state index is 12.7. The number of Topliss-reactive ketones (excluding diaryl/α,β-unsaturated/α-hetero) is 1. The first kappa shape index (κ1) is 17.5. The second kappa shape index (κ2) is 7.40. The van der Waals surface area contributed by atoms with Gasteiger partial charge in [-0.05, 0) is 31.0 Å². The highest BCUT2D eigenvalue weighted by Crippen LogP contribution is 2.27. The van der Waals surface area contributed by atoms with Crippen LogP contribution in [0.2, 0.25) is 0 Å². The van der Waals surface area contributed by atoms with Crippen LogP contribution in [0.5, 0.6) is 0 Å². The van der Waals surface area contributed by atoms with Crippen molar-refractivity contribution in [3.05, 3.63) is 65.4 Å². The molecule has 2 aromatic carbocycles. The van der Waals surface area contributed by atoms with Gasteiger partial charge in [0.15, 0.2) is 5.78 Å². The fraction of sp³-hybridized carbons (Fsp3) is 0.190. The standard InChI is InChI=1S/C21H19N3O2S/c1-3-14-7-5-9-16-17(11-22-19(14)16)18(25)12-27-21-24-23-20(26-21)15-8-4-6-13(2)10-15/h4-11,22H,3,12H2,1-2H3. The van der Waals surface area contributed by atoms with Gasteiger partial charge < -0.3 is 9.40 Å². The Labute approximate surface area is 161 Å². The molecule has 0 amide bonds. The van der Waals surface area contributed by atoms with Crippen LogP contribution < -0.4 is 0 Å². The normalized spacial score (nSPS) is 11.2. The molecule has 0 atom stereocenters. The van der Waals surface area contributed by atoms with E-state index in [-0.39, 0.29) is 11.5 Å². The summed E-state index contributed by atoms with van der Waals surface area (Å²) in [5.41, 5.74) is 4.95. The highest BCUT2D eigenvalue weighted by Gasteiger charge is 2.16. The Morgan fingerprint density at radius 1 is 1.19 bits per heavy atom. The lowest BCUT2D eigenvalue weighted by molar-refractivity contribution is 0.102. The minimum absolute atomic E-state index is 0.0369. The fourth-order valence-corrected chi connectivity index (χ4v) is 3.76. The molecule has 4 rings (SSSR count). The summed E-state index contributed by atoms with van der Waals surface area (Å²) in [6, 6.07) is 13.9. The van der Waals surface area contributed by atoms with Crippen LogP contribution in [0.1, 0.15) is 28.4 Å². The number of H-pyrrole nitrogens is 1. The van der Waals surface area contributed by atoms with Gasteiger partial charge in [-0.3, -0.25) is 4.79 Å². The minimum atomic E-state index is 0.0369. The van der Waals surface area contributed by atoms with Crippen LogP contribution in [0.25, 0.3) is 22.4 Å². The van der Waals surface area contributed by atoms with Crippen LogP contribution in [-0.4, -0.2) is 26.7 Å². The number of aromatic amines is 1. The number of ketones is 1. The van der Waals surface area contributed by atoms with E-state index in [0.717, 1.165) is 28.5 Å². The summed E-state index contributed by atoms with van der Waals surface area (Å²) in [6.07, 6.45) is 2.71. The highest BCUT2D eigenvalue weighted by atomic mass is 32.2. The average Bonchev–Trinajstić information content (AvgIpc) is 3.33. The number of fused-ring (bicyclic) bond motifs is 1. The predicted molar refractivity (Wildman–Crippen MR) is 107 cm³/mol. The van der Waals surface area contributed by atoms with Gasteiger partial charge in [-0.2, -0.15) is 0 Å². The molecule has 4 aromatic rings. The molecule has 0 saturated carbocycles. The number of hydrogen-bond acceptors (Lipinski definition) is 5. The molecule has 0 unspecified atom stereocenters. The Hall–Kier alpha value is -2.86. The SMILES string of the molecule is CCc1cccc2c(C(=O)CSc3nnc(-c4cccc(C)c4)o3)c[nH]c12. The smallest absolute Gasteiger partial charge is 0.277 e. The monoisotopic (exact) mass is 377 g/mol. The second-order valence-corrected chi connectivity index (χ2v) is 7.28. The van der Waals surface area contributed by atoms with E-state index in [1.165, 1.54) is 17.3 Å². The van der Waals surface area contributed by atoms with Crippen LogP contribution >= 0.6 is 11.8 Å². The van der Waals surface area contributed by atoms with Crippen LogP contribution in [0.15, 0.2) is 58.3 Å². The van der Waals surface area contributed by atoms with E-state index in [9.17, 15) is 4.79 Å². The summed E-state index contributed by atoms with van der Waals surface area (Å²) in [5.74, 6) is 0.752. The molecule has 1 N–H and O–H groups in total. The lowest BCUT2D eigenvalue weighted by Gasteiger charge is -2.00. The van der Waals surface area contributed by atoms with Gasteiger partial charge in [0, 0.05) is 28.2 Å². The minimum Gasteiger partial charge on any atom is -0.411 e. The van der Waals surface area contributed by atoms with Crippen molar-refractivity contribution < 1.29 is 9.21 Å². The maximum atomic E-state index is 12.7. The van der Waals surface area contributed by atoms with Gasteiger partial charge in [-0.25, -0.2) is 0 Å². The zero-order valence-electron chi connectivity index (χ0n) is 15.2. The number of hydrogen-bond donors (Lipinski definition) is 1. The van der Waals surface area contributed by atoms with Gasteiger partial charge in [0.1, 0.15) is 0 Å². The van der Waals surface area contributed by atoms with Gasteiger partial charge in [-0.15, -0.1) is 10.2 Å². The van der Waals surface area contributed by atoms with Crippen LogP contribution in [0.4, 0.5) is 0 Å². The molecule has 0 radical (unpaired) electrons. The molecule has 136 valence electrons. The molecule has 0 fully saturated rings. The number of aromatic nitrogens is 3. The van der Waals surface area contributed by atoms with E-state index in [1.54, 1.807) is 6.20 Å². The molecular weight excluding hydrogens is 358 g/mol. The van der Waals surface area contributed by atoms with Gasteiger partial charge in [0.25, 0.3) is 5.22 Å². The van der Waals surface area contributed by atoms with E-state index < -0.39 is 0 Å². The molecule has 2 heterocycles. The lowest BCUT2D eigenvalue weighted by atomic mass is 10.1. The van der Waals surface area contributed by atoms with Gasteiger partial charge in [0.05, 0.1) is 5.75 Å². The summed E-state index contributed by atoms with van der Waals surface area (Å²) in [7, 11) is 0. The number of carbonyl (C=O) groups excluding carboxylic acids is 1. The molecule has 0 saturated heterocycles. The average molecular weight is 377 g/mol. The third-order valence-corrected chi connectivity index (χ3v) is 5.30.